The Balaban J connectivity index is 1.61. The first-order valence-corrected chi connectivity index (χ1v) is 9.59. The molecule has 1 saturated carbocycles. The minimum Gasteiger partial charge on any atom is -0.370 e. The smallest absolute Gasteiger partial charge is 0.370 e. The number of aliphatic imine (C=N–C) groups is 1. The van der Waals surface area contributed by atoms with Crippen molar-refractivity contribution in [2.45, 2.75) is 50.7 Å². The SMILES string of the molecule is NC1CCC(CNc2ccc(C(F)(F)F)c(-c3[nH]nc4c3CCC=N4)n2)CC1. The van der Waals surface area contributed by atoms with Gasteiger partial charge in [0, 0.05) is 24.4 Å². The highest BCUT2D eigenvalue weighted by Crippen LogP contribution is 2.39. The summed E-state index contributed by atoms with van der Waals surface area (Å²) in [5.74, 6) is 1.33. The lowest BCUT2D eigenvalue weighted by Gasteiger charge is -2.26. The first kappa shape index (κ1) is 18.9. The molecular formula is C19H23F3N6. The Morgan fingerprint density at radius 3 is 2.71 bits per heavy atom. The zero-order chi connectivity index (χ0) is 19.7. The molecule has 28 heavy (non-hydrogen) atoms. The van der Waals surface area contributed by atoms with Gasteiger partial charge in [-0.2, -0.15) is 18.3 Å². The van der Waals surface area contributed by atoms with E-state index in [4.69, 9.17) is 5.73 Å². The number of nitrogens with one attached hydrogen (secondary N) is 2. The summed E-state index contributed by atoms with van der Waals surface area (Å²) < 4.78 is 40.7. The Labute approximate surface area is 160 Å². The van der Waals surface area contributed by atoms with Crippen molar-refractivity contribution in [2.75, 3.05) is 11.9 Å². The van der Waals surface area contributed by atoms with Crippen LogP contribution in [0.15, 0.2) is 17.1 Å². The lowest BCUT2D eigenvalue weighted by atomic mass is 9.86. The predicted octanol–water partition coefficient (Wildman–Crippen LogP) is 4.07. The topological polar surface area (TPSA) is 92.0 Å². The monoisotopic (exact) mass is 392 g/mol. The Morgan fingerprint density at radius 2 is 1.96 bits per heavy atom. The number of hydrogen-bond donors (Lipinski definition) is 3. The molecule has 0 spiro atoms. The Morgan fingerprint density at radius 1 is 1.18 bits per heavy atom. The number of hydrogen-bond acceptors (Lipinski definition) is 5. The molecule has 2 aliphatic rings. The van der Waals surface area contributed by atoms with Crippen molar-refractivity contribution >= 4 is 17.9 Å². The van der Waals surface area contributed by atoms with Crippen molar-refractivity contribution in [3.05, 3.63) is 23.3 Å². The second-order valence-electron chi connectivity index (χ2n) is 7.50. The number of nitrogens with two attached hydrogens (primary N) is 1. The highest BCUT2D eigenvalue weighted by atomic mass is 19.4. The molecule has 0 amide bonds. The maximum atomic E-state index is 13.6. The number of rotatable bonds is 4. The zero-order valence-electron chi connectivity index (χ0n) is 15.4. The van der Waals surface area contributed by atoms with Gasteiger partial charge in [0.25, 0.3) is 0 Å². The van der Waals surface area contributed by atoms with Crippen LogP contribution in [0.1, 0.15) is 43.2 Å². The number of H-pyrrole nitrogens is 1. The minimum absolute atomic E-state index is 0.131. The van der Waals surface area contributed by atoms with Gasteiger partial charge in [-0.1, -0.05) is 0 Å². The van der Waals surface area contributed by atoms with Gasteiger partial charge >= 0.3 is 6.18 Å². The molecule has 1 aliphatic heterocycles. The van der Waals surface area contributed by atoms with Crippen molar-refractivity contribution in [3.63, 3.8) is 0 Å². The van der Waals surface area contributed by atoms with Crippen molar-refractivity contribution < 1.29 is 13.2 Å². The highest BCUT2D eigenvalue weighted by Gasteiger charge is 2.36. The number of anilines is 1. The van der Waals surface area contributed by atoms with E-state index in [-0.39, 0.29) is 11.7 Å². The molecule has 0 radical (unpaired) electrons. The van der Waals surface area contributed by atoms with Gasteiger partial charge < -0.3 is 11.1 Å². The molecule has 0 aromatic carbocycles. The molecule has 0 unspecified atom stereocenters. The normalized spacial score (nSPS) is 22.1. The van der Waals surface area contributed by atoms with Gasteiger partial charge in [0.05, 0.1) is 11.3 Å². The van der Waals surface area contributed by atoms with Gasteiger partial charge in [0.2, 0.25) is 0 Å². The van der Waals surface area contributed by atoms with E-state index in [0.717, 1.165) is 31.7 Å². The molecular weight excluding hydrogens is 369 g/mol. The van der Waals surface area contributed by atoms with E-state index in [9.17, 15) is 13.2 Å². The van der Waals surface area contributed by atoms with Gasteiger partial charge in [-0.3, -0.25) is 5.10 Å². The Hall–Kier alpha value is -2.42. The molecule has 0 saturated heterocycles. The summed E-state index contributed by atoms with van der Waals surface area (Å²) in [4.78, 5) is 8.46. The summed E-state index contributed by atoms with van der Waals surface area (Å²) in [5.41, 5.74) is 6.00. The first-order valence-electron chi connectivity index (χ1n) is 9.59. The first-order chi connectivity index (χ1) is 13.4. The summed E-state index contributed by atoms with van der Waals surface area (Å²) in [7, 11) is 0. The third kappa shape index (κ3) is 3.89. The number of aromatic amines is 1. The van der Waals surface area contributed by atoms with E-state index in [2.05, 4.69) is 25.5 Å². The average Bonchev–Trinajstić information content (AvgIpc) is 3.11. The molecule has 2 aromatic rings. The maximum absolute atomic E-state index is 13.6. The van der Waals surface area contributed by atoms with Crippen LogP contribution in [0.2, 0.25) is 0 Å². The predicted molar refractivity (Wildman–Crippen MR) is 102 cm³/mol. The number of pyridine rings is 1. The lowest BCUT2D eigenvalue weighted by molar-refractivity contribution is -0.137. The second kappa shape index (κ2) is 7.54. The average molecular weight is 392 g/mol. The standard InChI is InChI=1S/C19H23F3N6/c20-19(21,22)14-7-8-15(25-10-11-3-5-12(23)6-4-11)26-17(14)16-13-2-1-9-24-18(13)28-27-16/h7-9,11-12H,1-6,10,23H2,(H,25,26)(H,27,28). The third-order valence-corrected chi connectivity index (χ3v) is 5.48. The third-order valence-electron chi connectivity index (χ3n) is 5.48. The Kier molecular flexibility index (Phi) is 5.09. The minimum atomic E-state index is -4.50. The van der Waals surface area contributed by atoms with E-state index < -0.39 is 11.7 Å². The van der Waals surface area contributed by atoms with Gasteiger partial charge in [0.15, 0.2) is 5.82 Å². The van der Waals surface area contributed by atoms with Crippen molar-refractivity contribution in [3.8, 4) is 11.4 Å². The number of halogens is 3. The largest absolute Gasteiger partial charge is 0.418 e. The molecule has 3 heterocycles. The zero-order valence-corrected chi connectivity index (χ0v) is 15.4. The fraction of sp³-hybridized carbons (Fsp3) is 0.526. The van der Waals surface area contributed by atoms with Crippen LogP contribution in [-0.4, -0.2) is 34.0 Å². The number of fused-ring (bicyclic) bond motifs is 1. The maximum Gasteiger partial charge on any atom is 0.418 e. The molecule has 0 atom stereocenters. The molecule has 1 fully saturated rings. The number of alkyl halides is 3. The summed E-state index contributed by atoms with van der Waals surface area (Å²) >= 11 is 0. The van der Waals surface area contributed by atoms with Gasteiger partial charge in [0.1, 0.15) is 11.5 Å². The van der Waals surface area contributed by atoms with Gasteiger partial charge in [-0.15, -0.1) is 0 Å². The molecule has 9 heteroatoms. The number of nitrogens with zero attached hydrogens (tertiary/aromatic N) is 3. The Bertz CT molecular complexity index is 865. The van der Waals surface area contributed by atoms with Gasteiger partial charge in [-0.25, -0.2) is 9.98 Å². The van der Waals surface area contributed by atoms with Crippen molar-refractivity contribution in [2.24, 2.45) is 16.6 Å². The molecule has 0 bridgehead atoms. The summed E-state index contributed by atoms with van der Waals surface area (Å²) in [6.07, 6.45) is 2.49. The van der Waals surface area contributed by atoms with Crippen LogP contribution < -0.4 is 11.1 Å². The van der Waals surface area contributed by atoms with Gasteiger partial charge in [-0.05, 0) is 56.6 Å². The number of aromatic nitrogens is 3. The van der Waals surface area contributed by atoms with Crippen molar-refractivity contribution in [1.29, 1.82) is 0 Å². The van der Waals surface area contributed by atoms with E-state index in [1.807, 2.05) is 0 Å². The van der Waals surface area contributed by atoms with Crippen molar-refractivity contribution in [1.82, 2.24) is 15.2 Å². The summed E-state index contributed by atoms with van der Waals surface area (Å²) in [6, 6.07) is 2.74. The van der Waals surface area contributed by atoms with Crippen LogP contribution in [0.3, 0.4) is 0 Å². The summed E-state index contributed by atoms with van der Waals surface area (Å²) in [5, 5.41) is 9.97. The van der Waals surface area contributed by atoms with E-state index in [1.54, 1.807) is 6.21 Å². The highest BCUT2D eigenvalue weighted by molar-refractivity contribution is 5.75. The fourth-order valence-electron chi connectivity index (χ4n) is 3.87. The fourth-order valence-corrected chi connectivity index (χ4v) is 3.87. The lowest BCUT2D eigenvalue weighted by Crippen LogP contribution is -2.29. The quantitative estimate of drug-likeness (QED) is 0.731. The molecule has 6 nitrogen and oxygen atoms in total. The van der Waals surface area contributed by atoms with Crippen LogP contribution in [0.5, 0.6) is 0 Å². The molecule has 1 aliphatic carbocycles. The summed E-state index contributed by atoms with van der Waals surface area (Å²) in [6.45, 7) is 0.676. The molecule has 2 aromatic heterocycles. The van der Waals surface area contributed by atoms with E-state index in [0.29, 0.717) is 48.2 Å². The van der Waals surface area contributed by atoms with E-state index >= 15 is 0 Å². The van der Waals surface area contributed by atoms with Crippen LogP contribution in [0, 0.1) is 5.92 Å². The van der Waals surface area contributed by atoms with Crippen LogP contribution in [-0.2, 0) is 12.6 Å². The molecule has 150 valence electrons. The van der Waals surface area contributed by atoms with Crippen LogP contribution >= 0.6 is 0 Å². The molecule has 4 rings (SSSR count). The van der Waals surface area contributed by atoms with E-state index in [1.165, 1.54) is 6.07 Å². The molecule has 4 N–H and O–H groups in total. The van der Waals surface area contributed by atoms with Crippen LogP contribution in [0.4, 0.5) is 24.8 Å². The second-order valence-corrected chi connectivity index (χ2v) is 7.50. The van der Waals surface area contributed by atoms with Crippen LogP contribution in [0.25, 0.3) is 11.4 Å².